The topological polar surface area (TPSA) is 51.0 Å². The fourth-order valence-electron chi connectivity index (χ4n) is 1.98. The van der Waals surface area contributed by atoms with E-state index in [2.05, 4.69) is 15.3 Å². The second kappa shape index (κ2) is 4.55. The summed E-state index contributed by atoms with van der Waals surface area (Å²) in [6.45, 7) is 1.85. The summed E-state index contributed by atoms with van der Waals surface area (Å²) in [4.78, 5) is 8.65. The third-order valence-corrected chi connectivity index (χ3v) is 3.14. The van der Waals surface area contributed by atoms with Gasteiger partial charge in [0, 0.05) is 18.5 Å². The average molecular weight is 274 g/mol. The number of furan rings is 1. The van der Waals surface area contributed by atoms with E-state index in [0.717, 1.165) is 16.9 Å². The van der Waals surface area contributed by atoms with Gasteiger partial charge in [0.1, 0.15) is 17.3 Å². The van der Waals surface area contributed by atoms with Crippen molar-refractivity contribution >= 4 is 28.4 Å². The molecule has 4 nitrogen and oxygen atoms in total. The summed E-state index contributed by atoms with van der Waals surface area (Å²) < 4.78 is 5.79. The summed E-state index contributed by atoms with van der Waals surface area (Å²) >= 11 is 6.11. The van der Waals surface area contributed by atoms with Crippen LogP contribution in [-0.4, -0.2) is 17.0 Å². The minimum atomic E-state index is 0.600. The summed E-state index contributed by atoms with van der Waals surface area (Å²) in [7, 11) is 1.82. The molecule has 0 amide bonds. The van der Waals surface area contributed by atoms with E-state index in [-0.39, 0.29) is 0 Å². The number of aromatic nitrogens is 2. The molecule has 19 heavy (non-hydrogen) atoms. The molecular weight excluding hydrogens is 262 g/mol. The van der Waals surface area contributed by atoms with Gasteiger partial charge in [0.05, 0.1) is 5.02 Å². The molecule has 0 unspecified atom stereocenters. The minimum absolute atomic E-state index is 0.600. The fourth-order valence-corrected chi connectivity index (χ4v) is 2.20. The van der Waals surface area contributed by atoms with Crippen LogP contribution in [0.5, 0.6) is 0 Å². The number of hydrogen-bond donors (Lipinski definition) is 1. The van der Waals surface area contributed by atoms with Crippen LogP contribution in [0.4, 0.5) is 5.82 Å². The number of nitrogens with one attached hydrogen (secondary N) is 1. The molecule has 0 aliphatic carbocycles. The zero-order chi connectivity index (χ0) is 13.4. The van der Waals surface area contributed by atoms with Gasteiger partial charge in [0.15, 0.2) is 11.3 Å². The lowest BCUT2D eigenvalue weighted by atomic mass is 10.2. The molecule has 2 heterocycles. The first-order valence-corrected chi connectivity index (χ1v) is 6.27. The van der Waals surface area contributed by atoms with Gasteiger partial charge in [-0.2, -0.15) is 0 Å². The number of halogens is 1. The molecule has 0 spiro atoms. The largest absolute Gasteiger partial charge is 0.453 e. The highest BCUT2D eigenvalue weighted by atomic mass is 35.5. The van der Waals surface area contributed by atoms with Crippen molar-refractivity contribution in [3.05, 3.63) is 41.2 Å². The Morgan fingerprint density at radius 2 is 2.05 bits per heavy atom. The molecule has 0 aliphatic heterocycles. The Kier molecular flexibility index (Phi) is 2.87. The molecular formula is C14H12ClN3O. The first-order valence-electron chi connectivity index (χ1n) is 5.89. The lowest BCUT2D eigenvalue weighted by Gasteiger charge is -2.02. The van der Waals surface area contributed by atoms with Gasteiger partial charge in [-0.1, -0.05) is 23.7 Å². The van der Waals surface area contributed by atoms with Crippen LogP contribution in [0.15, 0.2) is 34.7 Å². The molecule has 1 N–H and O–H groups in total. The van der Waals surface area contributed by atoms with E-state index in [9.17, 15) is 0 Å². The Morgan fingerprint density at radius 3 is 2.79 bits per heavy atom. The first kappa shape index (κ1) is 12.0. The van der Waals surface area contributed by atoms with Crippen molar-refractivity contribution in [3.8, 4) is 11.5 Å². The molecule has 0 aliphatic rings. The molecule has 2 aromatic heterocycles. The Hall–Kier alpha value is -2.07. The summed E-state index contributed by atoms with van der Waals surface area (Å²) in [5.41, 5.74) is 1.42. The molecule has 0 bridgehead atoms. The Bertz CT molecular complexity index is 752. The zero-order valence-electron chi connectivity index (χ0n) is 10.6. The molecule has 0 radical (unpaired) electrons. The Labute approximate surface area is 115 Å². The SMILES string of the molecule is CNc1cc(-c2cc3cccc(Cl)c3o2)nc(C)n1. The van der Waals surface area contributed by atoms with Crippen LogP contribution in [0.1, 0.15) is 5.82 Å². The maximum atomic E-state index is 6.11. The summed E-state index contributed by atoms with van der Waals surface area (Å²) in [5, 5.41) is 4.57. The number of para-hydroxylation sites is 1. The Morgan fingerprint density at radius 1 is 1.21 bits per heavy atom. The lowest BCUT2D eigenvalue weighted by Crippen LogP contribution is -1.97. The molecule has 1 aromatic carbocycles. The maximum absolute atomic E-state index is 6.11. The lowest BCUT2D eigenvalue weighted by molar-refractivity contribution is 0.628. The van der Waals surface area contributed by atoms with E-state index in [0.29, 0.717) is 22.2 Å². The van der Waals surface area contributed by atoms with E-state index >= 15 is 0 Å². The number of rotatable bonds is 2. The monoisotopic (exact) mass is 273 g/mol. The second-order valence-electron chi connectivity index (χ2n) is 4.20. The molecule has 0 saturated carbocycles. The normalized spacial score (nSPS) is 10.9. The minimum Gasteiger partial charge on any atom is -0.453 e. The van der Waals surface area contributed by atoms with Crippen molar-refractivity contribution < 1.29 is 4.42 Å². The van der Waals surface area contributed by atoms with Crippen LogP contribution in [0, 0.1) is 6.92 Å². The smallest absolute Gasteiger partial charge is 0.154 e. The van der Waals surface area contributed by atoms with Crippen molar-refractivity contribution in [2.75, 3.05) is 12.4 Å². The average Bonchev–Trinajstić information content (AvgIpc) is 2.83. The molecule has 0 fully saturated rings. The van der Waals surface area contributed by atoms with Gasteiger partial charge in [-0.15, -0.1) is 0 Å². The van der Waals surface area contributed by atoms with Gasteiger partial charge in [-0.3, -0.25) is 0 Å². The van der Waals surface area contributed by atoms with Crippen molar-refractivity contribution in [2.45, 2.75) is 6.92 Å². The maximum Gasteiger partial charge on any atom is 0.154 e. The van der Waals surface area contributed by atoms with Crippen LogP contribution in [0.25, 0.3) is 22.4 Å². The Balaban J connectivity index is 2.19. The van der Waals surface area contributed by atoms with E-state index in [1.54, 1.807) is 6.07 Å². The van der Waals surface area contributed by atoms with Crippen LogP contribution in [0.2, 0.25) is 5.02 Å². The van der Waals surface area contributed by atoms with Crippen molar-refractivity contribution in [1.29, 1.82) is 0 Å². The van der Waals surface area contributed by atoms with Crippen LogP contribution in [-0.2, 0) is 0 Å². The standard InChI is InChI=1S/C14H12ClN3O/c1-8-17-11(7-13(16-2)18-8)12-6-9-4-3-5-10(15)14(9)19-12/h3-7H,1-2H3,(H,16,17,18). The highest BCUT2D eigenvalue weighted by Crippen LogP contribution is 2.31. The van der Waals surface area contributed by atoms with Crippen LogP contribution < -0.4 is 5.32 Å². The van der Waals surface area contributed by atoms with Gasteiger partial charge in [-0.25, -0.2) is 9.97 Å². The predicted molar refractivity (Wildman–Crippen MR) is 76.5 cm³/mol. The third kappa shape index (κ3) is 2.15. The number of aryl methyl sites for hydroxylation is 1. The van der Waals surface area contributed by atoms with Gasteiger partial charge in [0.2, 0.25) is 0 Å². The highest BCUT2D eigenvalue weighted by molar-refractivity contribution is 6.34. The second-order valence-corrected chi connectivity index (χ2v) is 4.61. The highest BCUT2D eigenvalue weighted by Gasteiger charge is 2.11. The van der Waals surface area contributed by atoms with Crippen molar-refractivity contribution in [1.82, 2.24) is 9.97 Å². The predicted octanol–water partition coefficient (Wildman–Crippen LogP) is 3.89. The molecule has 3 aromatic rings. The quantitative estimate of drug-likeness (QED) is 0.769. The van der Waals surface area contributed by atoms with E-state index in [1.807, 2.05) is 38.2 Å². The molecule has 5 heteroatoms. The molecule has 0 atom stereocenters. The van der Waals surface area contributed by atoms with Gasteiger partial charge >= 0.3 is 0 Å². The number of fused-ring (bicyclic) bond motifs is 1. The van der Waals surface area contributed by atoms with Crippen LogP contribution >= 0.6 is 11.6 Å². The van der Waals surface area contributed by atoms with E-state index in [4.69, 9.17) is 16.0 Å². The van der Waals surface area contributed by atoms with E-state index in [1.165, 1.54) is 0 Å². The summed E-state index contributed by atoms with van der Waals surface area (Å²) in [6.07, 6.45) is 0. The number of nitrogens with zero attached hydrogens (tertiary/aromatic N) is 2. The third-order valence-electron chi connectivity index (χ3n) is 2.84. The summed E-state index contributed by atoms with van der Waals surface area (Å²) in [5.74, 6) is 2.13. The number of hydrogen-bond acceptors (Lipinski definition) is 4. The van der Waals surface area contributed by atoms with E-state index < -0.39 is 0 Å². The van der Waals surface area contributed by atoms with Gasteiger partial charge < -0.3 is 9.73 Å². The number of benzene rings is 1. The first-order chi connectivity index (χ1) is 9.17. The fraction of sp³-hybridized carbons (Fsp3) is 0.143. The molecule has 3 rings (SSSR count). The molecule has 0 saturated heterocycles. The molecule has 96 valence electrons. The van der Waals surface area contributed by atoms with Crippen molar-refractivity contribution in [2.24, 2.45) is 0 Å². The zero-order valence-corrected chi connectivity index (χ0v) is 11.3. The van der Waals surface area contributed by atoms with Gasteiger partial charge in [-0.05, 0) is 19.1 Å². The summed E-state index contributed by atoms with van der Waals surface area (Å²) in [6, 6.07) is 9.44. The van der Waals surface area contributed by atoms with Crippen LogP contribution in [0.3, 0.4) is 0 Å². The van der Waals surface area contributed by atoms with Gasteiger partial charge in [0.25, 0.3) is 0 Å². The number of anilines is 1. The van der Waals surface area contributed by atoms with Crippen molar-refractivity contribution in [3.63, 3.8) is 0 Å².